The number of hydrogen-bond acceptors (Lipinski definition) is 4. The predicted molar refractivity (Wildman–Crippen MR) is 94.3 cm³/mol. The molecule has 0 heterocycles. The Hall–Kier alpha value is -3.33. The number of ether oxygens (including phenoxy) is 1. The van der Waals surface area contributed by atoms with E-state index in [1.165, 1.54) is 0 Å². The van der Waals surface area contributed by atoms with Gasteiger partial charge in [-0.3, -0.25) is 9.59 Å². The smallest absolute Gasteiger partial charge is 0.251 e. The Morgan fingerprint density at radius 2 is 1.92 bits per heavy atom. The molecule has 6 heteroatoms. The van der Waals surface area contributed by atoms with Crippen molar-refractivity contribution >= 4 is 17.5 Å². The molecule has 0 unspecified atom stereocenters. The van der Waals surface area contributed by atoms with Crippen LogP contribution in [0.1, 0.15) is 28.8 Å². The number of amides is 2. The summed E-state index contributed by atoms with van der Waals surface area (Å²) in [6.45, 7) is 0.399. The van der Waals surface area contributed by atoms with E-state index >= 15 is 0 Å². The Bertz CT molecular complexity index is 779. The van der Waals surface area contributed by atoms with Gasteiger partial charge in [-0.15, -0.1) is 0 Å². The van der Waals surface area contributed by atoms with Crippen molar-refractivity contribution in [2.24, 2.45) is 0 Å². The Balaban J connectivity index is 1.72. The molecule has 0 saturated heterocycles. The van der Waals surface area contributed by atoms with Gasteiger partial charge in [0.2, 0.25) is 5.91 Å². The summed E-state index contributed by atoms with van der Waals surface area (Å²) >= 11 is 0. The SMILES string of the molecule is COc1ccc(C(=O)NCCCC(=O)Nc2cccc(C#N)c2)cc1. The van der Waals surface area contributed by atoms with Crippen molar-refractivity contribution in [2.45, 2.75) is 12.8 Å². The number of methoxy groups -OCH3 is 1. The topological polar surface area (TPSA) is 91.2 Å². The molecule has 2 N–H and O–H groups in total. The van der Waals surface area contributed by atoms with Crippen LogP contribution in [-0.2, 0) is 4.79 Å². The van der Waals surface area contributed by atoms with Crippen LogP contribution >= 0.6 is 0 Å². The number of nitriles is 1. The Morgan fingerprint density at radius 1 is 1.16 bits per heavy atom. The van der Waals surface area contributed by atoms with Gasteiger partial charge in [0.25, 0.3) is 5.91 Å². The Morgan fingerprint density at radius 3 is 2.60 bits per heavy atom. The second-order valence-corrected chi connectivity index (χ2v) is 5.33. The standard InChI is InChI=1S/C19H19N3O3/c1-25-17-9-7-15(8-10-17)19(24)21-11-3-6-18(23)22-16-5-2-4-14(12-16)13-20/h2,4-5,7-10,12H,3,6,11H2,1H3,(H,21,24)(H,22,23). The third-order valence-electron chi connectivity index (χ3n) is 3.49. The normalized spacial score (nSPS) is 9.76. The minimum absolute atomic E-state index is 0.159. The highest BCUT2D eigenvalue weighted by Gasteiger charge is 2.06. The fraction of sp³-hybridized carbons (Fsp3) is 0.211. The number of rotatable bonds is 7. The van der Waals surface area contributed by atoms with Crippen LogP contribution in [0.3, 0.4) is 0 Å². The summed E-state index contributed by atoms with van der Waals surface area (Å²) in [4.78, 5) is 23.8. The van der Waals surface area contributed by atoms with Gasteiger partial charge in [-0.25, -0.2) is 0 Å². The van der Waals surface area contributed by atoms with E-state index in [2.05, 4.69) is 10.6 Å². The summed E-state index contributed by atoms with van der Waals surface area (Å²) in [6.07, 6.45) is 0.797. The van der Waals surface area contributed by atoms with Crippen molar-refractivity contribution in [1.29, 1.82) is 5.26 Å². The molecule has 0 aliphatic carbocycles. The molecule has 2 aromatic carbocycles. The summed E-state index contributed by atoms with van der Waals surface area (Å²) in [5, 5.41) is 14.3. The number of anilines is 1. The molecule has 6 nitrogen and oxygen atoms in total. The van der Waals surface area contributed by atoms with Crippen LogP contribution < -0.4 is 15.4 Å². The van der Waals surface area contributed by atoms with E-state index in [0.717, 1.165) is 0 Å². The van der Waals surface area contributed by atoms with Crippen molar-refractivity contribution in [3.8, 4) is 11.8 Å². The van der Waals surface area contributed by atoms with Gasteiger partial charge < -0.3 is 15.4 Å². The van der Waals surface area contributed by atoms with E-state index in [-0.39, 0.29) is 18.2 Å². The van der Waals surface area contributed by atoms with Gasteiger partial charge in [-0.1, -0.05) is 6.07 Å². The summed E-state index contributed by atoms with van der Waals surface area (Å²) in [6, 6.07) is 15.6. The van der Waals surface area contributed by atoms with E-state index in [9.17, 15) is 9.59 Å². The third-order valence-corrected chi connectivity index (χ3v) is 3.49. The average Bonchev–Trinajstić information content (AvgIpc) is 2.65. The number of nitrogens with zero attached hydrogens (tertiary/aromatic N) is 1. The molecule has 2 amide bonds. The average molecular weight is 337 g/mol. The maximum Gasteiger partial charge on any atom is 0.251 e. The van der Waals surface area contributed by atoms with Gasteiger partial charge in [-0.2, -0.15) is 5.26 Å². The lowest BCUT2D eigenvalue weighted by Gasteiger charge is -2.07. The Kier molecular flexibility index (Phi) is 6.55. The molecule has 25 heavy (non-hydrogen) atoms. The summed E-state index contributed by atoms with van der Waals surface area (Å²) in [7, 11) is 1.57. The number of benzene rings is 2. The molecule has 0 aromatic heterocycles. The molecule has 0 radical (unpaired) electrons. The maximum atomic E-state index is 12.0. The first-order valence-corrected chi connectivity index (χ1v) is 7.84. The van der Waals surface area contributed by atoms with Crippen molar-refractivity contribution in [3.63, 3.8) is 0 Å². The minimum atomic E-state index is -0.190. The van der Waals surface area contributed by atoms with E-state index in [1.807, 2.05) is 6.07 Å². The molecule has 2 aromatic rings. The highest BCUT2D eigenvalue weighted by atomic mass is 16.5. The molecule has 2 rings (SSSR count). The Labute approximate surface area is 146 Å². The molecular weight excluding hydrogens is 318 g/mol. The quantitative estimate of drug-likeness (QED) is 0.760. The summed E-state index contributed by atoms with van der Waals surface area (Å²) < 4.78 is 5.04. The first-order valence-electron chi connectivity index (χ1n) is 7.84. The summed E-state index contributed by atoms with van der Waals surface area (Å²) in [5.74, 6) is 0.340. The predicted octanol–water partition coefficient (Wildman–Crippen LogP) is 2.72. The van der Waals surface area contributed by atoms with E-state index in [1.54, 1.807) is 55.6 Å². The number of carbonyl (C=O) groups is 2. The lowest BCUT2D eigenvalue weighted by atomic mass is 10.2. The number of carbonyl (C=O) groups excluding carboxylic acids is 2. The van der Waals surface area contributed by atoms with Gasteiger partial charge >= 0.3 is 0 Å². The van der Waals surface area contributed by atoms with Crippen LogP contribution in [-0.4, -0.2) is 25.5 Å². The van der Waals surface area contributed by atoms with Crippen LogP contribution in [0, 0.1) is 11.3 Å². The molecule has 0 fully saturated rings. The monoisotopic (exact) mass is 337 g/mol. The minimum Gasteiger partial charge on any atom is -0.497 e. The fourth-order valence-electron chi connectivity index (χ4n) is 2.19. The van der Waals surface area contributed by atoms with Gasteiger partial charge in [-0.05, 0) is 48.9 Å². The van der Waals surface area contributed by atoms with Crippen molar-refractivity contribution in [2.75, 3.05) is 19.0 Å². The van der Waals surface area contributed by atoms with E-state index < -0.39 is 0 Å². The van der Waals surface area contributed by atoms with Crippen molar-refractivity contribution in [3.05, 3.63) is 59.7 Å². The zero-order valence-electron chi connectivity index (χ0n) is 13.9. The van der Waals surface area contributed by atoms with Crippen LogP contribution in [0.5, 0.6) is 5.75 Å². The number of hydrogen-bond donors (Lipinski definition) is 2. The van der Waals surface area contributed by atoms with Crippen LogP contribution in [0.2, 0.25) is 0 Å². The molecule has 0 spiro atoms. The first kappa shape index (κ1) is 18.0. The number of nitrogens with one attached hydrogen (secondary N) is 2. The molecular formula is C19H19N3O3. The van der Waals surface area contributed by atoms with Gasteiger partial charge in [0.15, 0.2) is 0 Å². The van der Waals surface area contributed by atoms with E-state index in [0.29, 0.717) is 35.5 Å². The van der Waals surface area contributed by atoms with Crippen LogP contribution in [0.15, 0.2) is 48.5 Å². The van der Waals surface area contributed by atoms with Crippen molar-refractivity contribution in [1.82, 2.24) is 5.32 Å². The highest BCUT2D eigenvalue weighted by Crippen LogP contribution is 2.12. The molecule has 0 aliphatic heterocycles. The largest absolute Gasteiger partial charge is 0.497 e. The fourth-order valence-corrected chi connectivity index (χ4v) is 2.19. The third kappa shape index (κ3) is 5.66. The van der Waals surface area contributed by atoms with Gasteiger partial charge in [0.05, 0.1) is 18.7 Å². The van der Waals surface area contributed by atoms with E-state index in [4.69, 9.17) is 10.00 Å². The van der Waals surface area contributed by atoms with Crippen molar-refractivity contribution < 1.29 is 14.3 Å². The van der Waals surface area contributed by atoms with Gasteiger partial charge in [0, 0.05) is 24.2 Å². The molecule has 0 aliphatic rings. The lowest BCUT2D eigenvalue weighted by Crippen LogP contribution is -2.25. The zero-order valence-corrected chi connectivity index (χ0v) is 13.9. The molecule has 0 bridgehead atoms. The zero-order chi connectivity index (χ0) is 18.1. The highest BCUT2D eigenvalue weighted by molar-refractivity contribution is 5.94. The van der Waals surface area contributed by atoms with Crippen LogP contribution in [0.25, 0.3) is 0 Å². The van der Waals surface area contributed by atoms with Gasteiger partial charge in [0.1, 0.15) is 5.75 Å². The van der Waals surface area contributed by atoms with Crippen LogP contribution in [0.4, 0.5) is 5.69 Å². The second-order valence-electron chi connectivity index (χ2n) is 5.33. The summed E-state index contributed by atoms with van der Waals surface area (Å²) in [5.41, 5.74) is 1.62. The lowest BCUT2D eigenvalue weighted by molar-refractivity contribution is -0.116. The first-order chi connectivity index (χ1) is 12.1. The second kappa shape index (κ2) is 9.08. The molecule has 0 saturated carbocycles. The molecule has 128 valence electrons. The maximum absolute atomic E-state index is 12.0. The molecule has 0 atom stereocenters.